The zero-order valence-corrected chi connectivity index (χ0v) is 27.4. The minimum atomic E-state index is -0.677. The van der Waals surface area contributed by atoms with Gasteiger partial charge in [-0.2, -0.15) is 0 Å². The van der Waals surface area contributed by atoms with Crippen LogP contribution < -0.4 is 5.32 Å². The molecule has 0 saturated heterocycles. The molecule has 2 rings (SSSR count). The number of esters is 2. The molecule has 0 aliphatic carbocycles. The molecule has 238 valence electrons. The number of unbranched alkanes of at least 4 members (excludes halogenated alkanes) is 1. The smallest absolute Gasteiger partial charge is 0.407 e. The molecule has 0 radical (unpaired) electrons. The number of carbonyl (C=O) groups is 3. The van der Waals surface area contributed by atoms with Crippen molar-refractivity contribution in [3.05, 3.63) is 63.7 Å². The van der Waals surface area contributed by atoms with E-state index in [2.05, 4.69) is 5.32 Å². The van der Waals surface area contributed by atoms with Crippen LogP contribution in [0.15, 0.2) is 53.0 Å². The van der Waals surface area contributed by atoms with Gasteiger partial charge in [-0.3, -0.25) is 4.79 Å². The molecule has 0 aromatic carbocycles. The number of thiazole rings is 1. The number of hydrogen-bond donors (Lipinski definition) is 2. The zero-order chi connectivity index (χ0) is 32.0. The summed E-state index contributed by atoms with van der Waals surface area (Å²) in [6.07, 6.45) is 11.9. The first kappa shape index (κ1) is 36.0. The van der Waals surface area contributed by atoms with Crippen LogP contribution in [0, 0.1) is 0 Å². The van der Waals surface area contributed by atoms with Gasteiger partial charge in [-0.05, 0) is 66.9 Å². The predicted octanol–water partition coefficient (Wildman–Crippen LogP) is 6.49. The first-order chi connectivity index (χ1) is 20.2. The van der Waals surface area contributed by atoms with Crippen LogP contribution in [0.5, 0.6) is 0 Å². The van der Waals surface area contributed by atoms with Crippen molar-refractivity contribution in [3.63, 3.8) is 0 Å². The van der Waals surface area contributed by atoms with Gasteiger partial charge in [0.2, 0.25) is 0 Å². The van der Waals surface area contributed by atoms with Crippen LogP contribution in [0.1, 0.15) is 97.2 Å². The number of alkyl carbamates (subject to hydrolysis) is 1. The quantitative estimate of drug-likeness (QED) is 0.161. The molecule has 9 nitrogen and oxygen atoms in total. The van der Waals surface area contributed by atoms with Gasteiger partial charge in [0.25, 0.3) is 0 Å². The molecule has 43 heavy (non-hydrogen) atoms. The lowest BCUT2D eigenvalue weighted by atomic mass is 9.97. The van der Waals surface area contributed by atoms with E-state index in [4.69, 9.17) is 24.3 Å². The van der Waals surface area contributed by atoms with E-state index in [0.29, 0.717) is 25.7 Å². The van der Waals surface area contributed by atoms with Gasteiger partial charge in [0.05, 0.1) is 17.1 Å². The molecule has 4 atom stereocenters. The Morgan fingerprint density at radius 2 is 1.95 bits per heavy atom. The highest BCUT2D eigenvalue weighted by Gasteiger charge is 2.26. The molecule has 0 fully saturated rings. The summed E-state index contributed by atoms with van der Waals surface area (Å²) in [6.45, 7) is 13.1. The van der Waals surface area contributed by atoms with Crippen LogP contribution in [0.25, 0.3) is 0 Å². The van der Waals surface area contributed by atoms with E-state index in [9.17, 15) is 14.4 Å². The van der Waals surface area contributed by atoms with Crippen molar-refractivity contribution in [3.8, 4) is 0 Å². The fourth-order valence-electron chi connectivity index (χ4n) is 4.51. The molecule has 2 N–H and O–H groups in total. The second-order valence-electron chi connectivity index (χ2n) is 12.1. The zero-order valence-electron chi connectivity index (χ0n) is 26.6. The van der Waals surface area contributed by atoms with E-state index in [-0.39, 0.29) is 18.9 Å². The molecule has 2 heterocycles. The number of nitrogens with one attached hydrogen (secondary N) is 1. The molecule has 1 aromatic rings. The number of allylic oxidation sites excluding steroid dienone is 5. The molecule has 1 aromatic heterocycles. The Hall–Kier alpha value is -3.24. The number of ether oxygens (including phenoxy) is 3. The summed E-state index contributed by atoms with van der Waals surface area (Å²) < 4.78 is 16.9. The summed E-state index contributed by atoms with van der Waals surface area (Å²) in [7, 11) is 0. The van der Waals surface area contributed by atoms with Gasteiger partial charge in [0, 0.05) is 42.9 Å². The van der Waals surface area contributed by atoms with Gasteiger partial charge in [0.1, 0.15) is 17.8 Å². The molecule has 2 bridgehead atoms. The number of hydrogen-bond acceptors (Lipinski definition) is 9. The number of aliphatic hydroxyl groups is 1. The van der Waals surface area contributed by atoms with Crippen LogP contribution in [0.4, 0.5) is 4.79 Å². The number of rotatable bonds is 6. The minimum absolute atomic E-state index is 0.00606. The molecular formula is C33H48N2O7S. The van der Waals surface area contributed by atoms with E-state index in [1.54, 1.807) is 32.9 Å². The maximum atomic E-state index is 12.9. The van der Waals surface area contributed by atoms with Crippen molar-refractivity contribution >= 4 is 29.4 Å². The molecule has 0 saturated carbocycles. The van der Waals surface area contributed by atoms with E-state index in [1.807, 2.05) is 51.3 Å². The number of fused-ring (bicyclic) bond motifs is 2. The number of carbonyl (C=O) groups excluding carboxylic acids is 3. The minimum Gasteiger partial charge on any atom is -0.462 e. The first-order valence-electron chi connectivity index (χ1n) is 14.9. The monoisotopic (exact) mass is 616 g/mol. The Bertz CT molecular complexity index is 1190. The van der Waals surface area contributed by atoms with Crippen LogP contribution in [-0.4, -0.2) is 58.6 Å². The Morgan fingerprint density at radius 1 is 1.21 bits per heavy atom. The molecule has 0 unspecified atom stereocenters. The lowest BCUT2D eigenvalue weighted by molar-refractivity contribution is -0.148. The average molecular weight is 617 g/mol. The summed E-state index contributed by atoms with van der Waals surface area (Å²) in [6, 6.07) is -0.520. The number of aromatic nitrogens is 1. The summed E-state index contributed by atoms with van der Waals surface area (Å²) in [4.78, 5) is 43.0. The largest absolute Gasteiger partial charge is 0.462 e. The Kier molecular flexibility index (Phi) is 14.9. The highest BCUT2D eigenvalue weighted by molar-refractivity contribution is 7.09. The standard InChI is InChI=1S/C33H48N2O7S/c1-22-13-11-14-30(37)41-27(17-23(2)12-9-8-10-15-36)20-29-35-28(21-43-29)24(3)18-26(19-31(38)40-25(4)16-22)34-32(39)42-33(5,6)7/h9,11-14,17,21,24-27,36H,8,10,15-16,18-20H2,1-7H3,(H,34,39)/b12-9+,14-11-,22-13+,23-17-/t24-,25-,26+,27+/m0/s1. The van der Waals surface area contributed by atoms with E-state index < -0.39 is 41.9 Å². The average Bonchev–Trinajstić information content (AvgIpc) is 3.33. The lowest BCUT2D eigenvalue weighted by Gasteiger charge is -2.25. The predicted molar refractivity (Wildman–Crippen MR) is 169 cm³/mol. The van der Waals surface area contributed by atoms with E-state index >= 15 is 0 Å². The van der Waals surface area contributed by atoms with Crippen molar-refractivity contribution in [2.75, 3.05) is 6.61 Å². The Labute approximate surface area is 260 Å². The maximum Gasteiger partial charge on any atom is 0.407 e. The molecule has 1 aliphatic heterocycles. The first-order valence-corrected chi connectivity index (χ1v) is 15.8. The van der Waals surface area contributed by atoms with E-state index in [0.717, 1.165) is 28.3 Å². The third-order valence-electron chi connectivity index (χ3n) is 6.40. The van der Waals surface area contributed by atoms with Crippen LogP contribution >= 0.6 is 11.3 Å². The van der Waals surface area contributed by atoms with Crippen molar-refractivity contribution in [1.82, 2.24) is 10.3 Å². The van der Waals surface area contributed by atoms with Gasteiger partial charge < -0.3 is 24.6 Å². The Balaban J connectivity index is 2.36. The molecule has 1 amide bonds. The molecule has 0 spiro atoms. The second-order valence-corrected chi connectivity index (χ2v) is 13.0. The normalized spacial score (nSPS) is 25.4. The third-order valence-corrected chi connectivity index (χ3v) is 7.29. The topological polar surface area (TPSA) is 124 Å². The number of amides is 1. The van der Waals surface area contributed by atoms with Crippen LogP contribution in [0.3, 0.4) is 0 Å². The van der Waals surface area contributed by atoms with Crippen molar-refractivity contribution in [2.24, 2.45) is 0 Å². The molecule has 10 heteroatoms. The summed E-state index contributed by atoms with van der Waals surface area (Å²) in [5.74, 6) is -0.973. The number of aliphatic hydroxyl groups excluding tert-OH is 1. The van der Waals surface area contributed by atoms with Gasteiger partial charge in [0.15, 0.2) is 0 Å². The highest BCUT2D eigenvalue weighted by atomic mass is 32.1. The SMILES string of the molecule is CC(=C/[C@@H]1Cc2nc(cs2)[C@@H](C)C[C@@H](NC(=O)OC(C)(C)C)CC(=O)O[C@@H](C)C/C(C)=C/C=C\C(=O)O1)/C=C/CCCO. The fourth-order valence-corrected chi connectivity index (χ4v) is 5.47. The van der Waals surface area contributed by atoms with Gasteiger partial charge >= 0.3 is 18.0 Å². The summed E-state index contributed by atoms with van der Waals surface area (Å²) in [5.41, 5.74) is 2.01. The highest BCUT2D eigenvalue weighted by Crippen LogP contribution is 2.26. The Morgan fingerprint density at radius 3 is 2.65 bits per heavy atom. The van der Waals surface area contributed by atoms with Crippen molar-refractivity contribution in [2.45, 2.75) is 117 Å². The molecule has 1 aliphatic rings. The van der Waals surface area contributed by atoms with Crippen LogP contribution in [-0.2, 0) is 30.2 Å². The number of nitrogens with zero attached hydrogens (tertiary/aromatic N) is 1. The fraction of sp³-hybridized carbons (Fsp3) is 0.576. The second kappa shape index (κ2) is 17.8. The van der Waals surface area contributed by atoms with Gasteiger partial charge in [-0.1, -0.05) is 42.4 Å². The van der Waals surface area contributed by atoms with E-state index in [1.165, 1.54) is 17.4 Å². The van der Waals surface area contributed by atoms with Crippen molar-refractivity contribution in [1.29, 1.82) is 0 Å². The molecular weight excluding hydrogens is 568 g/mol. The van der Waals surface area contributed by atoms with Crippen molar-refractivity contribution < 1.29 is 33.7 Å². The van der Waals surface area contributed by atoms with Gasteiger partial charge in [-0.25, -0.2) is 14.6 Å². The lowest BCUT2D eigenvalue weighted by Crippen LogP contribution is -2.41. The summed E-state index contributed by atoms with van der Waals surface area (Å²) >= 11 is 1.47. The van der Waals surface area contributed by atoms with Crippen LogP contribution in [0.2, 0.25) is 0 Å². The maximum absolute atomic E-state index is 12.9. The summed E-state index contributed by atoms with van der Waals surface area (Å²) in [5, 5.41) is 14.6. The third kappa shape index (κ3) is 15.2. The number of cyclic esters (lactones) is 2. The van der Waals surface area contributed by atoms with Gasteiger partial charge in [-0.15, -0.1) is 11.3 Å².